The second-order valence-corrected chi connectivity index (χ2v) is 4.21. The Balaban J connectivity index is 2.69. The summed E-state index contributed by atoms with van der Waals surface area (Å²) >= 11 is 5.99. The zero-order valence-electron chi connectivity index (χ0n) is 9.54. The molecular weight excluding hydrogens is 204 g/mol. The number of hydrogen-bond donors (Lipinski definition) is 0. The van der Waals surface area contributed by atoms with E-state index in [1.165, 1.54) is 5.56 Å². The Morgan fingerprint density at radius 3 is 2.67 bits per heavy atom. The summed E-state index contributed by atoms with van der Waals surface area (Å²) < 4.78 is 0. The van der Waals surface area contributed by atoms with Crippen molar-refractivity contribution in [2.24, 2.45) is 0 Å². The molecule has 1 rings (SSSR count). The molecule has 0 radical (unpaired) electrons. The second kappa shape index (κ2) is 6.68. The lowest BCUT2D eigenvalue weighted by Gasteiger charge is -2.13. The van der Waals surface area contributed by atoms with Crippen molar-refractivity contribution in [3.8, 4) is 0 Å². The van der Waals surface area contributed by atoms with Gasteiger partial charge in [0.25, 0.3) is 0 Å². The summed E-state index contributed by atoms with van der Waals surface area (Å²) in [6.07, 6.45) is 7.90. The van der Waals surface area contributed by atoms with E-state index in [1.54, 1.807) is 0 Å². The van der Waals surface area contributed by atoms with Gasteiger partial charge < -0.3 is 0 Å². The molecule has 82 valence electrons. The van der Waals surface area contributed by atoms with Crippen molar-refractivity contribution in [3.63, 3.8) is 0 Å². The minimum atomic E-state index is 0.603. The zero-order valence-corrected chi connectivity index (χ0v) is 10.3. The summed E-state index contributed by atoms with van der Waals surface area (Å²) in [6, 6.07) is 8.21. The van der Waals surface area contributed by atoms with Crippen LogP contribution in [0.3, 0.4) is 0 Å². The molecule has 15 heavy (non-hydrogen) atoms. The molecule has 0 amide bonds. The first-order valence-corrected chi connectivity index (χ1v) is 6.06. The van der Waals surface area contributed by atoms with E-state index in [-0.39, 0.29) is 0 Å². The first kappa shape index (κ1) is 12.3. The molecular formula is C14H19Cl. The quantitative estimate of drug-likeness (QED) is 0.602. The van der Waals surface area contributed by atoms with E-state index in [4.69, 9.17) is 11.6 Å². The summed E-state index contributed by atoms with van der Waals surface area (Å²) in [5.41, 5.74) is 1.35. The Morgan fingerprint density at radius 2 is 2.07 bits per heavy atom. The van der Waals surface area contributed by atoms with Gasteiger partial charge in [0.05, 0.1) is 0 Å². The maximum Gasteiger partial charge on any atom is 0.0408 e. The third kappa shape index (κ3) is 4.09. The van der Waals surface area contributed by atoms with Crippen LogP contribution in [0.5, 0.6) is 0 Å². The lowest BCUT2D eigenvalue weighted by molar-refractivity contribution is 0.673. The number of allylic oxidation sites excluding steroid dienone is 2. The maximum absolute atomic E-state index is 5.99. The molecule has 0 saturated heterocycles. The normalized spacial score (nSPS) is 13.3. The largest absolute Gasteiger partial charge is 0.0888 e. The summed E-state index contributed by atoms with van der Waals surface area (Å²) in [5, 5.41) is 0.838. The molecule has 0 spiro atoms. The Hall–Kier alpha value is -0.750. The minimum absolute atomic E-state index is 0.603. The third-order valence-electron chi connectivity index (χ3n) is 2.64. The molecule has 0 fully saturated rings. The number of rotatable bonds is 5. The van der Waals surface area contributed by atoms with Crippen LogP contribution in [0.1, 0.15) is 44.6 Å². The number of halogens is 1. The van der Waals surface area contributed by atoms with E-state index >= 15 is 0 Å². The van der Waals surface area contributed by atoms with Crippen molar-refractivity contribution in [2.45, 2.75) is 39.0 Å². The Kier molecular flexibility index (Phi) is 5.49. The summed E-state index contributed by atoms with van der Waals surface area (Å²) in [7, 11) is 0. The van der Waals surface area contributed by atoms with Crippen LogP contribution >= 0.6 is 11.6 Å². The van der Waals surface area contributed by atoms with E-state index in [1.807, 2.05) is 12.1 Å². The Morgan fingerprint density at radius 1 is 1.27 bits per heavy atom. The van der Waals surface area contributed by atoms with E-state index < -0.39 is 0 Å². The Labute approximate surface area is 98.0 Å². The molecule has 0 aromatic heterocycles. The highest BCUT2D eigenvalue weighted by atomic mass is 35.5. The molecule has 0 nitrogen and oxygen atoms in total. The lowest BCUT2D eigenvalue weighted by atomic mass is 9.93. The fourth-order valence-corrected chi connectivity index (χ4v) is 1.92. The molecule has 0 bridgehead atoms. The SMILES string of the molecule is CC/C=C\CC(CC)c1cccc(Cl)c1. The molecule has 0 aliphatic rings. The van der Waals surface area contributed by atoms with E-state index in [2.05, 4.69) is 38.1 Å². The summed E-state index contributed by atoms with van der Waals surface area (Å²) in [4.78, 5) is 0. The first-order chi connectivity index (χ1) is 7.27. The maximum atomic E-state index is 5.99. The van der Waals surface area contributed by atoms with Crippen molar-refractivity contribution < 1.29 is 0 Å². The van der Waals surface area contributed by atoms with Crippen LogP contribution in [0.4, 0.5) is 0 Å². The highest BCUT2D eigenvalue weighted by Crippen LogP contribution is 2.25. The number of benzene rings is 1. The monoisotopic (exact) mass is 222 g/mol. The van der Waals surface area contributed by atoms with Gasteiger partial charge in [0.15, 0.2) is 0 Å². The average molecular weight is 223 g/mol. The van der Waals surface area contributed by atoms with E-state index in [0.29, 0.717) is 5.92 Å². The van der Waals surface area contributed by atoms with Crippen LogP contribution < -0.4 is 0 Å². The van der Waals surface area contributed by atoms with Gasteiger partial charge >= 0.3 is 0 Å². The van der Waals surface area contributed by atoms with Crippen LogP contribution in [0.25, 0.3) is 0 Å². The summed E-state index contributed by atoms with van der Waals surface area (Å²) in [5.74, 6) is 0.603. The average Bonchev–Trinajstić information content (AvgIpc) is 2.24. The van der Waals surface area contributed by atoms with Crippen LogP contribution in [-0.2, 0) is 0 Å². The molecule has 1 heteroatoms. The van der Waals surface area contributed by atoms with Gasteiger partial charge in [-0.15, -0.1) is 0 Å². The lowest BCUT2D eigenvalue weighted by Crippen LogP contribution is -1.95. The van der Waals surface area contributed by atoms with Crippen LogP contribution in [-0.4, -0.2) is 0 Å². The molecule has 1 aromatic rings. The third-order valence-corrected chi connectivity index (χ3v) is 2.87. The molecule has 1 unspecified atom stereocenters. The van der Waals surface area contributed by atoms with Crippen molar-refractivity contribution in [3.05, 3.63) is 47.0 Å². The predicted octanol–water partition coefficient (Wildman–Crippen LogP) is 5.19. The van der Waals surface area contributed by atoms with Gasteiger partial charge in [-0.25, -0.2) is 0 Å². The smallest absolute Gasteiger partial charge is 0.0408 e. The molecule has 1 atom stereocenters. The van der Waals surface area contributed by atoms with Gasteiger partial charge in [-0.05, 0) is 42.9 Å². The molecule has 0 aliphatic carbocycles. The van der Waals surface area contributed by atoms with Gasteiger partial charge in [-0.2, -0.15) is 0 Å². The highest BCUT2D eigenvalue weighted by Gasteiger charge is 2.07. The molecule has 0 saturated carbocycles. The van der Waals surface area contributed by atoms with Gasteiger partial charge in [0.2, 0.25) is 0 Å². The summed E-state index contributed by atoms with van der Waals surface area (Å²) in [6.45, 7) is 4.39. The second-order valence-electron chi connectivity index (χ2n) is 3.78. The fraction of sp³-hybridized carbons (Fsp3) is 0.429. The van der Waals surface area contributed by atoms with Crippen LogP contribution in [0.2, 0.25) is 5.02 Å². The molecule has 0 heterocycles. The van der Waals surface area contributed by atoms with Crippen LogP contribution in [0.15, 0.2) is 36.4 Å². The van der Waals surface area contributed by atoms with Crippen molar-refractivity contribution in [2.75, 3.05) is 0 Å². The van der Waals surface area contributed by atoms with E-state index in [0.717, 1.165) is 24.3 Å². The minimum Gasteiger partial charge on any atom is -0.0888 e. The predicted molar refractivity (Wildman–Crippen MR) is 68.5 cm³/mol. The van der Waals surface area contributed by atoms with Crippen molar-refractivity contribution in [1.29, 1.82) is 0 Å². The van der Waals surface area contributed by atoms with Gasteiger partial charge in [-0.3, -0.25) is 0 Å². The van der Waals surface area contributed by atoms with Gasteiger partial charge in [0.1, 0.15) is 0 Å². The van der Waals surface area contributed by atoms with Crippen molar-refractivity contribution in [1.82, 2.24) is 0 Å². The van der Waals surface area contributed by atoms with Crippen molar-refractivity contribution >= 4 is 11.6 Å². The molecule has 0 N–H and O–H groups in total. The fourth-order valence-electron chi connectivity index (χ4n) is 1.73. The van der Waals surface area contributed by atoms with Gasteiger partial charge in [0, 0.05) is 5.02 Å². The van der Waals surface area contributed by atoms with Gasteiger partial charge in [-0.1, -0.05) is 49.7 Å². The molecule has 0 aliphatic heterocycles. The highest BCUT2D eigenvalue weighted by molar-refractivity contribution is 6.30. The number of hydrogen-bond acceptors (Lipinski definition) is 0. The van der Waals surface area contributed by atoms with E-state index in [9.17, 15) is 0 Å². The zero-order chi connectivity index (χ0) is 11.1. The topological polar surface area (TPSA) is 0 Å². The first-order valence-electron chi connectivity index (χ1n) is 5.68. The van der Waals surface area contributed by atoms with Crippen LogP contribution in [0, 0.1) is 0 Å². The molecule has 1 aromatic carbocycles. The Bertz CT molecular complexity index is 315. The standard InChI is InChI=1S/C14H19Cl/c1-3-5-6-8-12(4-2)13-9-7-10-14(15)11-13/h5-7,9-12H,3-4,8H2,1-2H3/b6-5-.